The molecule has 3 rings (SSSR count). The Bertz CT molecular complexity index is 762. The lowest BCUT2D eigenvalue weighted by Gasteiger charge is -1.99. The third kappa shape index (κ3) is 3.12. The molecule has 0 fully saturated rings. The number of rotatable bonds is 5. The van der Waals surface area contributed by atoms with Crippen molar-refractivity contribution in [3.05, 3.63) is 47.1 Å². The Morgan fingerprint density at radius 1 is 1.38 bits per heavy atom. The molecular formula is C15H16N4OS. The number of aromatic amines is 1. The summed E-state index contributed by atoms with van der Waals surface area (Å²) < 4.78 is 0. The van der Waals surface area contributed by atoms with E-state index in [2.05, 4.69) is 27.4 Å². The van der Waals surface area contributed by atoms with Gasteiger partial charge in [0.25, 0.3) is 0 Å². The molecule has 0 atom stereocenters. The number of aromatic nitrogens is 2. The number of nitrogens with one attached hydrogen (secondary N) is 2. The molecule has 0 unspecified atom stereocenters. The highest BCUT2D eigenvalue weighted by Gasteiger charge is 2.09. The van der Waals surface area contributed by atoms with E-state index in [1.54, 1.807) is 0 Å². The molecule has 0 radical (unpaired) electrons. The van der Waals surface area contributed by atoms with Crippen LogP contribution in [-0.4, -0.2) is 22.4 Å². The van der Waals surface area contributed by atoms with E-state index < -0.39 is 0 Å². The fourth-order valence-electron chi connectivity index (χ4n) is 2.23. The maximum Gasteiger partial charge on any atom is 0.227 e. The molecule has 0 saturated carbocycles. The minimum Gasteiger partial charge on any atom is -0.361 e. The Labute approximate surface area is 126 Å². The molecular weight excluding hydrogens is 284 g/mol. The van der Waals surface area contributed by atoms with Gasteiger partial charge in [-0.05, 0) is 11.6 Å². The first-order valence-electron chi connectivity index (χ1n) is 6.75. The van der Waals surface area contributed by atoms with Gasteiger partial charge in [-0.1, -0.05) is 18.2 Å². The summed E-state index contributed by atoms with van der Waals surface area (Å²) in [5.74, 6) is -0.0921. The molecule has 0 aliphatic carbocycles. The Morgan fingerprint density at radius 3 is 3.10 bits per heavy atom. The summed E-state index contributed by atoms with van der Waals surface area (Å²) in [6.07, 6.45) is 3.07. The Balaban J connectivity index is 1.74. The predicted octanol–water partition coefficient (Wildman–Crippen LogP) is 2.50. The normalized spacial score (nSPS) is 10.9. The average Bonchev–Trinajstić information content (AvgIpc) is 3.07. The van der Waals surface area contributed by atoms with Crippen molar-refractivity contribution in [1.82, 2.24) is 9.97 Å². The van der Waals surface area contributed by atoms with Crippen molar-refractivity contribution < 1.29 is 4.79 Å². The molecule has 4 N–H and O–H groups in total. The zero-order valence-electron chi connectivity index (χ0n) is 11.4. The molecule has 21 heavy (non-hydrogen) atoms. The first kappa shape index (κ1) is 13.8. The summed E-state index contributed by atoms with van der Waals surface area (Å²) in [5.41, 5.74) is 8.63. The maximum absolute atomic E-state index is 11.5. The van der Waals surface area contributed by atoms with Crippen molar-refractivity contribution in [2.24, 2.45) is 5.73 Å². The zero-order chi connectivity index (χ0) is 14.7. The Morgan fingerprint density at radius 2 is 2.24 bits per heavy atom. The van der Waals surface area contributed by atoms with Crippen molar-refractivity contribution in [2.45, 2.75) is 12.8 Å². The highest BCUT2D eigenvalue weighted by atomic mass is 32.1. The van der Waals surface area contributed by atoms with Crippen LogP contribution in [0.1, 0.15) is 17.7 Å². The SMILES string of the molecule is NCCC(=O)Nc1nc(Cc2c[nH]c3ccccc23)cs1. The molecule has 2 aromatic heterocycles. The molecule has 5 nitrogen and oxygen atoms in total. The van der Waals surface area contributed by atoms with Gasteiger partial charge in [-0.2, -0.15) is 0 Å². The molecule has 1 amide bonds. The number of H-pyrrole nitrogens is 1. The number of amides is 1. The van der Waals surface area contributed by atoms with E-state index in [0.717, 1.165) is 17.6 Å². The molecule has 1 aromatic carbocycles. The van der Waals surface area contributed by atoms with Crippen molar-refractivity contribution in [1.29, 1.82) is 0 Å². The van der Waals surface area contributed by atoms with E-state index in [-0.39, 0.29) is 5.91 Å². The number of carbonyl (C=O) groups excluding carboxylic acids is 1. The summed E-state index contributed by atoms with van der Waals surface area (Å²) in [7, 11) is 0. The number of benzene rings is 1. The highest BCUT2D eigenvalue weighted by Crippen LogP contribution is 2.23. The van der Waals surface area contributed by atoms with E-state index in [4.69, 9.17) is 5.73 Å². The van der Waals surface area contributed by atoms with Gasteiger partial charge < -0.3 is 16.0 Å². The van der Waals surface area contributed by atoms with E-state index in [9.17, 15) is 4.79 Å². The van der Waals surface area contributed by atoms with Crippen LogP contribution in [0.3, 0.4) is 0 Å². The first-order chi connectivity index (χ1) is 10.3. The lowest BCUT2D eigenvalue weighted by atomic mass is 10.1. The Kier molecular flexibility index (Phi) is 3.98. The molecule has 2 heterocycles. The second kappa shape index (κ2) is 6.07. The summed E-state index contributed by atoms with van der Waals surface area (Å²) in [6, 6.07) is 8.19. The second-order valence-electron chi connectivity index (χ2n) is 4.77. The van der Waals surface area contributed by atoms with Crippen LogP contribution in [0, 0.1) is 0 Å². The molecule has 6 heteroatoms. The van der Waals surface area contributed by atoms with Crippen LogP contribution in [-0.2, 0) is 11.2 Å². The van der Waals surface area contributed by atoms with E-state index in [1.807, 2.05) is 23.7 Å². The summed E-state index contributed by atoms with van der Waals surface area (Å²) >= 11 is 1.44. The van der Waals surface area contributed by atoms with E-state index in [0.29, 0.717) is 18.1 Å². The van der Waals surface area contributed by atoms with Crippen LogP contribution in [0.2, 0.25) is 0 Å². The largest absolute Gasteiger partial charge is 0.361 e. The molecule has 0 aliphatic heterocycles. The number of nitrogens with two attached hydrogens (primary N) is 1. The van der Waals surface area contributed by atoms with Gasteiger partial charge in [0, 0.05) is 41.9 Å². The molecule has 0 spiro atoms. The number of anilines is 1. The number of fused-ring (bicyclic) bond motifs is 1. The van der Waals surface area contributed by atoms with Gasteiger partial charge >= 0.3 is 0 Å². The van der Waals surface area contributed by atoms with Gasteiger partial charge in [0.05, 0.1) is 5.69 Å². The van der Waals surface area contributed by atoms with Gasteiger partial charge in [-0.25, -0.2) is 4.98 Å². The van der Waals surface area contributed by atoms with Gasteiger partial charge in [0.15, 0.2) is 5.13 Å². The number of carbonyl (C=O) groups is 1. The van der Waals surface area contributed by atoms with Crippen molar-refractivity contribution in [2.75, 3.05) is 11.9 Å². The first-order valence-corrected chi connectivity index (χ1v) is 7.63. The smallest absolute Gasteiger partial charge is 0.227 e. The quantitative estimate of drug-likeness (QED) is 0.677. The number of thiazole rings is 1. The van der Waals surface area contributed by atoms with Crippen LogP contribution >= 0.6 is 11.3 Å². The van der Waals surface area contributed by atoms with Gasteiger partial charge in [0.2, 0.25) is 5.91 Å². The van der Waals surface area contributed by atoms with E-state index >= 15 is 0 Å². The fraction of sp³-hybridized carbons (Fsp3) is 0.200. The minimum atomic E-state index is -0.0921. The standard InChI is InChI=1S/C15H16N4OS/c16-6-5-14(20)19-15-18-11(9-21-15)7-10-8-17-13-4-2-1-3-12(10)13/h1-4,8-9,17H,5-7,16H2,(H,18,19,20). The summed E-state index contributed by atoms with van der Waals surface area (Å²) in [4.78, 5) is 19.2. The van der Waals surface area contributed by atoms with Crippen LogP contribution in [0.5, 0.6) is 0 Å². The van der Waals surface area contributed by atoms with Gasteiger partial charge in [-0.3, -0.25) is 4.79 Å². The molecule has 0 bridgehead atoms. The third-order valence-corrected chi connectivity index (χ3v) is 4.02. The van der Waals surface area contributed by atoms with Crippen molar-refractivity contribution >= 4 is 33.3 Å². The number of nitrogens with zero attached hydrogens (tertiary/aromatic N) is 1. The molecule has 108 valence electrons. The predicted molar refractivity (Wildman–Crippen MR) is 85.5 cm³/mol. The zero-order valence-corrected chi connectivity index (χ0v) is 12.2. The molecule has 0 aliphatic rings. The summed E-state index contributed by atoms with van der Waals surface area (Å²) in [5, 5.41) is 6.57. The monoisotopic (exact) mass is 300 g/mol. The van der Waals surface area contributed by atoms with Crippen LogP contribution in [0.25, 0.3) is 10.9 Å². The minimum absolute atomic E-state index is 0.0921. The number of hydrogen-bond acceptors (Lipinski definition) is 4. The van der Waals surface area contributed by atoms with Crippen LogP contribution in [0.15, 0.2) is 35.8 Å². The Hall–Kier alpha value is -2.18. The van der Waals surface area contributed by atoms with Gasteiger partial charge in [-0.15, -0.1) is 11.3 Å². The molecule has 0 saturated heterocycles. The van der Waals surface area contributed by atoms with Crippen LogP contribution in [0.4, 0.5) is 5.13 Å². The van der Waals surface area contributed by atoms with Crippen molar-refractivity contribution in [3.63, 3.8) is 0 Å². The average molecular weight is 300 g/mol. The fourth-order valence-corrected chi connectivity index (χ4v) is 2.96. The number of hydrogen-bond donors (Lipinski definition) is 3. The number of para-hydroxylation sites is 1. The second-order valence-corrected chi connectivity index (χ2v) is 5.63. The maximum atomic E-state index is 11.5. The van der Waals surface area contributed by atoms with Crippen molar-refractivity contribution in [3.8, 4) is 0 Å². The van der Waals surface area contributed by atoms with E-state index in [1.165, 1.54) is 22.3 Å². The van der Waals surface area contributed by atoms with Crippen LogP contribution < -0.4 is 11.1 Å². The lowest BCUT2D eigenvalue weighted by Crippen LogP contribution is -2.16. The third-order valence-electron chi connectivity index (χ3n) is 3.22. The molecule has 3 aromatic rings. The van der Waals surface area contributed by atoms with Gasteiger partial charge in [0.1, 0.15) is 0 Å². The topological polar surface area (TPSA) is 83.8 Å². The summed E-state index contributed by atoms with van der Waals surface area (Å²) in [6.45, 7) is 0.347. The lowest BCUT2D eigenvalue weighted by molar-refractivity contribution is -0.116. The highest BCUT2D eigenvalue weighted by molar-refractivity contribution is 7.13.